The van der Waals surface area contributed by atoms with Crippen LogP contribution in [0.1, 0.15) is 112 Å². The predicted octanol–water partition coefficient (Wildman–Crippen LogP) is 2.79. The van der Waals surface area contributed by atoms with Gasteiger partial charge in [-0.25, -0.2) is 4.79 Å². The van der Waals surface area contributed by atoms with Gasteiger partial charge >= 0.3 is 11.9 Å². The molecule has 58 heavy (non-hydrogen) atoms. The van der Waals surface area contributed by atoms with Crippen molar-refractivity contribution in [2.45, 2.75) is 204 Å². The molecular weight excluding hydrogens is 756 g/mol. The number of ether oxygens (including phenoxy) is 8. The molecular formula is C43H66O15. The molecule has 5 N–H and O–H groups in total. The second-order valence-corrected chi connectivity index (χ2v) is 19.4. The molecule has 4 saturated carbocycles. The summed E-state index contributed by atoms with van der Waals surface area (Å²) >= 11 is 0. The third kappa shape index (κ3) is 7.49. The molecule has 0 spiro atoms. The van der Waals surface area contributed by atoms with Gasteiger partial charge < -0.3 is 63.4 Å². The van der Waals surface area contributed by atoms with Crippen molar-refractivity contribution >= 4 is 11.9 Å². The smallest absolute Gasteiger partial charge is 0.331 e. The van der Waals surface area contributed by atoms with E-state index in [1.807, 2.05) is 13.8 Å². The number of aliphatic hydroxyl groups is 5. The Bertz CT molecular complexity index is 1530. The first-order chi connectivity index (χ1) is 27.4. The zero-order valence-electron chi connectivity index (χ0n) is 34.8. The molecule has 0 aromatic rings. The van der Waals surface area contributed by atoms with E-state index in [4.69, 9.17) is 37.9 Å². The lowest BCUT2D eigenvalue weighted by atomic mass is 9.42. The van der Waals surface area contributed by atoms with E-state index < -0.39 is 96.9 Å². The maximum absolute atomic E-state index is 12.6. The number of hydrogen-bond donors (Lipinski definition) is 5. The van der Waals surface area contributed by atoms with E-state index in [-0.39, 0.29) is 61.1 Å². The summed E-state index contributed by atoms with van der Waals surface area (Å²) in [7, 11) is 0. The van der Waals surface area contributed by atoms with Crippen LogP contribution in [0.5, 0.6) is 0 Å². The highest BCUT2D eigenvalue weighted by Crippen LogP contribution is 2.70. The fourth-order valence-corrected chi connectivity index (χ4v) is 13.1. The molecule has 4 aliphatic heterocycles. The van der Waals surface area contributed by atoms with Crippen LogP contribution in [0.2, 0.25) is 0 Å². The number of hydrogen-bond acceptors (Lipinski definition) is 15. The van der Waals surface area contributed by atoms with Gasteiger partial charge in [-0.1, -0.05) is 13.8 Å². The predicted molar refractivity (Wildman–Crippen MR) is 202 cm³/mol. The third-order valence-corrected chi connectivity index (χ3v) is 16.2. The van der Waals surface area contributed by atoms with Crippen LogP contribution in [-0.4, -0.2) is 136 Å². The summed E-state index contributed by atoms with van der Waals surface area (Å²) in [4.78, 5) is 24.3. The number of esters is 2. The monoisotopic (exact) mass is 822 g/mol. The summed E-state index contributed by atoms with van der Waals surface area (Å²) in [5.74, 6) is -0.344. The minimum atomic E-state index is -1.03. The first-order valence-electron chi connectivity index (χ1n) is 21.8. The van der Waals surface area contributed by atoms with Crippen LogP contribution >= 0.6 is 0 Å². The van der Waals surface area contributed by atoms with Gasteiger partial charge in [-0.2, -0.15) is 0 Å². The Kier molecular flexibility index (Phi) is 12.0. The molecule has 1 unspecified atom stereocenters. The van der Waals surface area contributed by atoms with Gasteiger partial charge in [0, 0.05) is 37.7 Å². The van der Waals surface area contributed by atoms with Crippen molar-refractivity contribution in [3.8, 4) is 0 Å². The molecule has 0 aromatic heterocycles. The number of cyclic esters (lactones) is 1. The SMILES string of the molecule is CC(=O)O[C@H]1C[C@H](O[C@H]2CC[C@@]3(C)[C@H](CC[C@@H]4[C@@H]3C[C@@H](O)[C@]3(C)C(C5=CC(=O)OC5)CC[C@]43O)C2)O[C@H](C)[C@H]1O[C@H]1C[C@H](O)[C@H](O[C@H]2C[C@H](O)[C@H](O)[C@@H](C)O2)[C@@H](C)O1. The summed E-state index contributed by atoms with van der Waals surface area (Å²) < 4.78 is 48.4. The van der Waals surface area contributed by atoms with Gasteiger partial charge in [-0.3, -0.25) is 4.79 Å². The number of rotatable bonds is 8. The maximum Gasteiger partial charge on any atom is 0.331 e. The Morgan fingerprint density at radius 2 is 1.41 bits per heavy atom. The molecule has 0 bridgehead atoms. The molecule has 328 valence electrons. The topological polar surface area (TPSA) is 209 Å². The molecule has 4 aliphatic carbocycles. The zero-order chi connectivity index (χ0) is 41.5. The molecule has 15 heteroatoms. The second kappa shape index (κ2) is 16.2. The van der Waals surface area contributed by atoms with E-state index in [1.165, 1.54) is 6.92 Å². The quantitative estimate of drug-likeness (QED) is 0.176. The van der Waals surface area contributed by atoms with E-state index in [0.717, 1.165) is 44.1 Å². The fourth-order valence-electron chi connectivity index (χ4n) is 13.1. The largest absolute Gasteiger partial charge is 0.459 e. The standard InChI is InChI=1S/C43H66O15/c1-20-38(49)30(45)16-35(52-20)57-39-21(2)53-36(17-31(39)46)58-40-22(3)54-37(18-32(40)55-23(4)44)56-26-9-11-41(5)25(14-26)7-8-28-29(41)15-33(47)42(6)27(10-12-43(28,42)50)24-13-34(48)51-19-24/h13,20-22,25-33,35-40,45-47,49-50H,7-12,14-19H2,1-6H3/t20-,21-,22-,25-,26+,27?,28-,29+,30+,31+,32+,33-,35+,36+,37+,38-,39-,40-,41+,42+,43+/m1/s1. The molecule has 21 atom stereocenters. The Morgan fingerprint density at radius 3 is 2.07 bits per heavy atom. The van der Waals surface area contributed by atoms with Gasteiger partial charge in [-0.15, -0.1) is 0 Å². The highest BCUT2D eigenvalue weighted by Gasteiger charge is 2.71. The fraction of sp³-hybridized carbons (Fsp3) is 0.907. The van der Waals surface area contributed by atoms with Crippen molar-refractivity contribution in [2.75, 3.05) is 6.61 Å². The number of carbonyl (C=O) groups is 2. The summed E-state index contributed by atoms with van der Waals surface area (Å²) in [6, 6.07) is 0. The van der Waals surface area contributed by atoms with Crippen molar-refractivity contribution in [1.29, 1.82) is 0 Å². The van der Waals surface area contributed by atoms with Gasteiger partial charge in [0.25, 0.3) is 0 Å². The molecule has 15 nitrogen and oxygen atoms in total. The Balaban J connectivity index is 0.873. The first-order valence-corrected chi connectivity index (χ1v) is 21.8. The van der Waals surface area contributed by atoms with Gasteiger partial charge in [-0.05, 0) is 107 Å². The highest BCUT2D eigenvalue weighted by atomic mass is 16.7. The van der Waals surface area contributed by atoms with Crippen molar-refractivity contribution in [3.63, 3.8) is 0 Å². The van der Waals surface area contributed by atoms with Crippen LogP contribution in [0.25, 0.3) is 0 Å². The van der Waals surface area contributed by atoms with Gasteiger partial charge in [0.2, 0.25) is 0 Å². The van der Waals surface area contributed by atoms with E-state index in [2.05, 4.69) is 6.92 Å². The van der Waals surface area contributed by atoms with Crippen LogP contribution in [0.3, 0.4) is 0 Å². The molecule has 3 saturated heterocycles. The van der Waals surface area contributed by atoms with Crippen LogP contribution in [0, 0.1) is 34.5 Å². The van der Waals surface area contributed by atoms with Crippen molar-refractivity contribution in [3.05, 3.63) is 11.6 Å². The van der Waals surface area contributed by atoms with Crippen LogP contribution in [0.4, 0.5) is 0 Å². The number of carbonyl (C=O) groups excluding carboxylic acids is 2. The molecule has 0 amide bonds. The molecule has 4 heterocycles. The van der Waals surface area contributed by atoms with Gasteiger partial charge in [0.15, 0.2) is 18.9 Å². The molecule has 8 aliphatic rings. The summed E-state index contributed by atoms with van der Waals surface area (Å²) in [5.41, 5.74) is -0.962. The molecule has 8 rings (SSSR count). The number of aliphatic hydroxyl groups excluding tert-OH is 4. The van der Waals surface area contributed by atoms with E-state index in [0.29, 0.717) is 18.8 Å². The summed E-state index contributed by atoms with van der Waals surface area (Å²) in [6.45, 7) is 11.2. The average Bonchev–Trinajstić information content (AvgIpc) is 3.70. The minimum Gasteiger partial charge on any atom is -0.459 e. The third-order valence-electron chi connectivity index (χ3n) is 16.2. The Hall–Kier alpha value is -1.76. The highest BCUT2D eigenvalue weighted by molar-refractivity contribution is 5.85. The number of fused-ring (bicyclic) bond motifs is 5. The van der Waals surface area contributed by atoms with Crippen LogP contribution in [0.15, 0.2) is 11.6 Å². The Labute approximate surface area is 341 Å². The van der Waals surface area contributed by atoms with E-state index in [9.17, 15) is 35.1 Å². The zero-order valence-corrected chi connectivity index (χ0v) is 34.8. The van der Waals surface area contributed by atoms with Crippen molar-refractivity contribution in [1.82, 2.24) is 0 Å². The van der Waals surface area contributed by atoms with Crippen LogP contribution < -0.4 is 0 Å². The molecule has 0 aromatic carbocycles. The average molecular weight is 823 g/mol. The lowest BCUT2D eigenvalue weighted by Gasteiger charge is -2.65. The first kappa shape index (κ1) is 42.9. The summed E-state index contributed by atoms with van der Waals surface area (Å²) in [5, 5.41) is 55.9. The van der Waals surface area contributed by atoms with Crippen LogP contribution in [-0.2, 0) is 47.5 Å². The normalized spacial score (nSPS) is 53.2. The minimum absolute atomic E-state index is 0.0570. The Morgan fingerprint density at radius 1 is 0.759 bits per heavy atom. The lowest BCUT2D eigenvalue weighted by Crippen LogP contribution is -2.67. The molecule has 0 radical (unpaired) electrons. The lowest BCUT2D eigenvalue weighted by molar-refractivity contribution is -0.336. The van der Waals surface area contributed by atoms with E-state index >= 15 is 0 Å². The van der Waals surface area contributed by atoms with E-state index in [1.54, 1.807) is 19.9 Å². The molecule has 7 fully saturated rings. The maximum atomic E-state index is 12.6. The summed E-state index contributed by atoms with van der Waals surface area (Å²) in [6.07, 6.45) is -1.81. The second-order valence-electron chi connectivity index (χ2n) is 19.4. The van der Waals surface area contributed by atoms with Gasteiger partial charge in [0.05, 0.1) is 48.3 Å². The van der Waals surface area contributed by atoms with Gasteiger partial charge in [0.1, 0.15) is 31.0 Å². The van der Waals surface area contributed by atoms with Crippen molar-refractivity contribution in [2.24, 2.45) is 34.5 Å². The van der Waals surface area contributed by atoms with Crippen molar-refractivity contribution < 1.29 is 73.0 Å².